The highest BCUT2D eigenvalue weighted by Crippen LogP contribution is 2.30. The Labute approximate surface area is 235 Å². The van der Waals surface area contributed by atoms with E-state index in [2.05, 4.69) is 48.2 Å². The molecule has 3 atom stereocenters. The highest BCUT2D eigenvalue weighted by molar-refractivity contribution is 5.97. The van der Waals surface area contributed by atoms with Gasteiger partial charge in [0.2, 0.25) is 5.88 Å². The molecule has 2 aromatic heterocycles. The Morgan fingerprint density at radius 2 is 1.95 bits per heavy atom. The number of carbonyl (C=O) groups is 2. The van der Waals surface area contributed by atoms with Gasteiger partial charge in [0.1, 0.15) is 12.3 Å². The van der Waals surface area contributed by atoms with Gasteiger partial charge in [-0.3, -0.25) is 14.7 Å². The number of ether oxygens (including phenoxy) is 1. The lowest BCUT2D eigenvalue weighted by atomic mass is 9.87. The minimum absolute atomic E-state index is 0.0680. The van der Waals surface area contributed by atoms with E-state index in [0.29, 0.717) is 30.8 Å². The maximum absolute atomic E-state index is 13.3. The first-order valence-electron chi connectivity index (χ1n) is 12.9. The molecule has 1 aliphatic rings. The third kappa shape index (κ3) is 7.77. The number of aromatic nitrogens is 2. The van der Waals surface area contributed by atoms with Crippen molar-refractivity contribution in [3.05, 3.63) is 78.2 Å². The van der Waals surface area contributed by atoms with Crippen molar-refractivity contribution < 1.29 is 19.4 Å². The van der Waals surface area contributed by atoms with E-state index >= 15 is 0 Å². The molecule has 3 heterocycles. The van der Waals surface area contributed by atoms with Crippen molar-refractivity contribution in [3.8, 4) is 12.1 Å². The fraction of sp³-hybridized carbons (Fsp3) is 0.367. The third-order valence-corrected chi connectivity index (χ3v) is 6.60. The number of hydrogen-bond donors (Lipinski definition) is 2. The van der Waals surface area contributed by atoms with Crippen molar-refractivity contribution in [1.29, 1.82) is 5.26 Å². The Kier molecular flexibility index (Phi) is 10.2. The van der Waals surface area contributed by atoms with Gasteiger partial charge in [-0.05, 0) is 35.2 Å². The van der Waals surface area contributed by atoms with E-state index in [1.54, 1.807) is 37.8 Å². The van der Waals surface area contributed by atoms with E-state index < -0.39 is 18.2 Å². The molecule has 2 N–H and O–H groups in total. The summed E-state index contributed by atoms with van der Waals surface area (Å²) in [5, 5.41) is 20.3. The lowest BCUT2D eigenvalue weighted by molar-refractivity contribution is -0.117. The van der Waals surface area contributed by atoms with E-state index in [1.807, 2.05) is 42.4 Å². The van der Waals surface area contributed by atoms with E-state index in [9.17, 15) is 9.59 Å². The molecule has 10 heteroatoms. The van der Waals surface area contributed by atoms with E-state index in [-0.39, 0.29) is 11.3 Å². The van der Waals surface area contributed by atoms with Crippen LogP contribution in [0.5, 0.6) is 5.88 Å². The molecule has 0 aliphatic carbocycles. The van der Waals surface area contributed by atoms with Crippen LogP contribution < -0.4 is 15.0 Å². The number of hydrogen-bond acceptors (Lipinski definition) is 9. The standard InChI is InChI=1S/C24H28N4O2.C6H8N2O2/c1-24(2,3)18-8-11-20(12-9-18)28(4)22(17-7-6-14-25-15-17)23(29)27-19-10-13-21(30-5)26-16-19;7-4-8-2-6(10)1-5(8)3-9/h6-16,22H,1-5H3,(H,27,29);3,5-6,10H,1-2H2. The normalized spacial score (nSPS) is 17.1. The highest BCUT2D eigenvalue weighted by atomic mass is 16.5. The number of aliphatic hydroxyl groups excluding tert-OH is 1. The number of β-amino-alcohol motifs (C(OH)–C–C–N with tert-alkyl or cyclic N) is 1. The number of amides is 1. The predicted molar refractivity (Wildman–Crippen MR) is 153 cm³/mol. The minimum Gasteiger partial charge on any atom is -0.481 e. The number of nitriles is 1. The fourth-order valence-electron chi connectivity index (χ4n) is 4.31. The second-order valence-electron chi connectivity index (χ2n) is 10.5. The summed E-state index contributed by atoms with van der Waals surface area (Å²) < 4.78 is 5.08. The number of carbonyl (C=O) groups excluding carboxylic acids is 2. The molecule has 1 aliphatic heterocycles. The summed E-state index contributed by atoms with van der Waals surface area (Å²) in [4.78, 5) is 35.1. The summed E-state index contributed by atoms with van der Waals surface area (Å²) in [5.41, 5.74) is 3.66. The van der Waals surface area contributed by atoms with Gasteiger partial charge in [-0.25, -0.2) is 4.98 Å². The molecule has 210 valence electrons. The molecule has 0 saturated carbocycles. The smallest absolute Gasteiger partial charge is 0.251 e. The van der Waals surface area contributed by atoms with Crippen molar-refractivity contribution in [2.24, 2.45) is 0 Å². The van der Waals surface area contributed by atoms with Crippen LogP contribution in [0.4, 0.5) is 11.4 Å². The van der Waals surface area contributed by atoms with Crippen molar-refractivity contribution in [2.75, 3.05) is 30.9 Å². The number of methoxy groups -OCH3 is 1. The van der Waals surface area contributed by atoms with Gasteiger partial charge in [-0.2, -0.15) is 5.26 Å². The molecule has 0 spiro atoms. The van der Waals surface area contributed by atoms with Crippen LogP contribution in [0, 0.1) is 11.5 Å². The van der Waals surface area contributed by atoms with Crippen LogP contribution in [-0.4, -0.2) is 65.0 Å². The second kappa shape index (κ2) is 13.5. The van der Waals surface area contributed by atoms with Crippen molar-refractivity contribution in [3.63, 3.8) is 0 Å². The number of nitrogens with zero attached hydrogens (tertiary/aromatic N) is 5. The minimum atomic E-state index is -0.554. The zero-order valence-electron chi connectivity index (χ0n) is 23.5. The Hall–Kier alpha value is -4.49. The molecule has 0 bridgehead atoms. The maximum atomic E-state index is 13.3. The average molecular weight is 545 g/mol. The predicted octanol–water partition coefficient (Wildman–Crippen LogP) is 3.70. The molecule has 1 saturated heterocycles. The molecular weight excluding hydrogens is 508 g/mol. The SMILES string of the molecule is COc1ccc(NC(=O)C(c2cccnc2)N(C)c2ccc(C(C)(C)C)cc2)cn1.N#CN1CC(O)CC1C=O. The van der Waals surface area contributed by atoms with Gasteiger partial charge in [-0.1, -0.05) is 39.0 Å². The number of likely N-dealkylation sites (N-methyl/N-ethyl adjacent to an activating group) is 1. The summed E-state index contributed by atoms with van der Waals surface area (Å²) in [6, 6.07) is 14.6. The molecule has 3 aromatic rings. The lowest BCUT2D eigenvalue weighted by Gasteiger charge is -2.30. The van der Waals surface area contributed by atoms with Crippen LogP contribution in [0.3, 0.4) is 0 Å². The monoisotopic (exact) mass is 544 g/mol. The number of rotatable bonds is 7. The second-order valence-corrected chi connectivity index (χ2v) is 10.5. The molecule has 40 heavy (non-hydrogen) atoms. The number of benzene rings is 1. The zero-order chi connectivity index (χ0) is 29.3. The van der Waals surface area contributed by atoms with Crippen molar-refractivity contribution in [1.82, 2.24) is 14.9 Å². The number of pyridine rings is 2. The van der Waals surface area contributed by atoms with E-state index in [1.165, 1.54) is 10.5 Å². The Morgan fingerprint density at radius 3 is 2.45 bits per heavy atom. The van der Waals surface area contributed by atoms with Crippen LogP contribution in [0.2, 0.25) is 0 Å². The molecule has 1 amide bonds. The third-order valence-electron chi connectivity index (χ3n) is 6.60. The fourth-order valence-corrected chi connectivity index (χ4v) is 4.31. The quantitative estimate of drug-likeness (QED) is 0.337. The average Bonchev–Trinajstić information content (AvgIpc) is 3.34. The molecular formula is C30H36N6O4. The van der Waals surface area contributed by atoms with Gasteiger partial charge in [-0.15, -0.1) is 0 Å². The molecule has 4 rings (SSSR count). The summed E-state index contributed by atoms with van der Waals surface area (Å²) in [6.07, 6.45) is 7.39. The van der Waals surface area contributed by atoms with Gasteiger partial charge < -0.3 is 24.9 Å². The maximum Gasteiger partial charge on any atom is 0.251 e. The van der Waals surface area contributed by atoms with Crippen molar-refractivity contribution in [2.45, 2.75) is 50.8 Å². The first-order valence-corrected chi connectivity index (χ1v) is 12.9. The summed E-state index contributed by atoms with van der Waals surface area (Å²) in [6.45, 7) is 6.83. The lowest BCUT2D eigenvalue weighted by Crippen LogP contribution is -2.35. The molecule has 0 radical (unpaired) electrons. The molecule has 1 fully saturated rings. The Bertz CT molecular complexity index is 1290. The van der Waals surface area contributed by atoms with Crippen LogP contribution in [0.15, 0.2) is 67.1 Å². The van der Waals surface area contributed by atoms with Gasteiger partial charge in [0, 0.05) is 43.2 Å². The Balaban J connectivity index is 0.000000371. The number of likely N-dealkylation sites (tertiary alicyclic amines) is 1. The zero-order valence-corrected chi connectivity index (χ0v) is 23.5. The summed E-state index contributed by atoms with van der Waals surface area (Å²) in [7, 11) is 3.47. The van der Waals surface area contributed by atoms with Gasteiger partial charge in [0.15, 0.2) is 6.19 Å². The van der Waals surface area contributed by atoms with Crippen LogP contribution in [0.25, 0.3) is 0 Å². The molecule has 3 unspecified atom stereocenters. The topological polar surface area (TPSA) is 132 Å². The number of aliphatic hydroxyl groups is 1. The Morgan fingerprint density at radius 1 is 1.23 bits per heavy atom. The number of nitrogens with one attached hydrogen (secondary N) is 1. The first kappa shape index (κ1) is 30.1. The van der Waals surface area contributed by atoms with Gasteiger partial charge >= 0.3 is 0 Å². The molecule has 10 nitrogen and oxygen atoms in total. The molecule has 1 aromatic carbocycles. The van der Waals surface area contributed by atoms with Gasteiger partial charge in [0.05, 0.1) is 37.7 Å². The number of anilines is 2. The van der Waals surface area contributed by atoms with Crippen LogP contribution in [-0.2, 0) is 15.0 Å². The van der Waals surface area contributed by atoms with E-state index in [4.69, 9.17) is 15.1 Å². The number of aldehydes is 1. The largest absolute Gasteiger partial charge is 0.481 e. The van der Waals surface area contributed by atoms with Gasteiger partial charge in [0.25, 0.3) is 5.91 Å². The van der Waals surface area contributed by atoms with Crippen molar-refractivity contribution >= 4 is 23.6 Å². The summed E-state index contributed by atoms with van der Waals surface area (Å²) >= 11 is 0. The van der Waals surface area contributed by atoms with Crippen LogP contribution in [0.1, 0.15) is 44.4 Å². The summed E-state index contributed by atoms with van der Waals surface area (Å²) in [5.74, 6) is 0.324. The highest BCUT2D eigenvalue weighted by Gasteiger charge is 2.29. The van der Waals surface area contributed by atoms with E-state index in [0.717, 1.165) is 11.3 Å². The van der Waals surface area contributed by atoms with Crippen LogP contribution >= 0.6 is 0 Å². The first-order chi connectivity index (χ1) is 19.1.